The third-order valence-electron chi connectivity index (χ3n) is 6.13. The Morgan fingerprint density at radius 1 is 1.05 bits per heavy atom. The summed E-state index contributed by atoms with van der Waals surface area (Å²) >= 11 is 0. The summed E-state index contributed by atoms with van der Waals surface area (Å²) in [5.74, 6) is 0.0332. The largest absolute Gasteiger partial charge is 0.416 e. The molecule has 2 aliphatic rings. The highest BCUT2D eigenvalue weighted by Gasteiger charge is 2.39. The first kappa shape index (κ1) is 28.2. The highest BCUT2D eigenvalue weighted by Crippen LogP contribution is 2.39. The fraction of sp³-hybridized carbons (Fsp3) is 0.458. The van der Waals surface area contributed by atoms with Gasteiger partial charge in [0.25, 0.3) is 0 Å². The molecule has 0 amide bonds. The van der Waals surface area contributed by atoms with Crippen LogP contribution in [0.3, 0.4) is 0 Å². The van der Waals surface area contributed by atoms with Crippen LogP contribution in [0.1, 0.15) is 41.3 Å². The molecule has 0 radical (unpaired) electrons. The smallest absolute Gasteiger partial charge is 0.349 e. The Kier molecular flexibility index (Phi) is 8.28. The first-order valence-corrected chi connectivity index (χ1v) is 11.5. The number of halogens is 7. The second-order valence-corrected chi connectivity index (χ2v) is 8.76. The lowest BCUT2D eigenvalue weighted by Crippen LogP contribution is -2.50. The van der Waals surface area contributed by atoms with Gasteiger partial charge in [-0.2, -0.15) is 31.8 Å². The van der Waals surface area contributed by atoms with Crippen molar-refractivity contribution in [2.45, 2.75) is 44.1 Å². The maximum absolute atomic E-state index is 13.6. The number of hydrazine groups is 1. The third kappa shape index (κ3) is 6.61. The van der Waals surface area contributed by atoms with Crippen LogP contribution in [0.5, 0.6) is 0 Å². The van der Waals surface area contributed by atoms with Gasteiger partial charge in [-0.25, -0.2) is 9.38 Å². The summed E-state index contributed by atoms with van der Waals surface area (Å²) in [6.45, 7) is 2.12. The summed E-state index contributed by atoms with van der Waals surface area (Å²) in [4.78, 5) is 6.21. The summed E-state index contributed by atoms with van der Waals surface area (Å²) in [6.07, 6.45) is -12.9. The molecule has 2 heterocycles. The number of hydrogen-bond donors (Lipinski definition) is 2. The van der Waals surface area contributed by atoms with E-state index in [-0.39, 0.29) is 24.8 Å². The SMILES string of the molecule is COC1N=C(CN2CCO[C@H](O[C@H](C)c3cc(C(F)(F)F)cc(C(F)(F)F)c3)[C@@H]2c2ccc(F)cc2)NN1. The predicted octanol–water partition coefficient (Wildman–Crippen LogP) is 4.78. The Hall–Kier alpha value is -2.78. The summed E-state index contributed by atoms with van der Waals surface area (Å²) in [6, 6.07) is 6.11. The first-order chi connectivity index (χ1) is 17.8. The lowest BCUT2D eigenvalue weighted by Gasteiger charge is -2.42. The zero-order valence-electron chi connectivity index (χ0n) is 20.2. The van der Waals surface area contributed by atoms with Gasteiger partial charge in [-0.1, -0.05) is 12.1 Å². The van der Waals surface area contributed by atoms with E-state index < -0.39 is 54.1 Å². The van der Waals surface area contributed by atoms with E-state index in [1.54, 1.807) is 0 Å². The van der Waals surface area contributed by atoms with Gasteiger partial charge in [0, 0.05) is 13.7 Å². The summed E-state index contributed by atoms with van der Waals surface area (Å²) in [5.41, 5.74) is 3.06. The van der Waals surface area contributed by atoms with Gasteiger partial charge in [0.05, 0.1) is 36.4 Å². The number of nitrogens with zero attached hydrogens (tertiary/aromatic N) is 2. The molecule has 1 fully saturated rings. The maximum Gasteiger partial charge on any atom is 0.416 e. The second kappa shape index (κ2) is 11.1. The standard InChI is InChI=1S/C24H25F7N4O3/c1-13(15-9-16(23(26,27)28)11-17(10-15)24(29,30)31)38-21-20(14-3-5-18(25)6-4-14)35(7-8-37-21)12-19-32-22(36-2)34-33-19/h3-6,9-11,13,20-22,34H,7-8,12H2,1-2H3,(H,32,33)/t13-,20+,21-,22?/m1/s1. The van der Waals surface area contributed by atoms with Crippen LogP contribution in [0.2, 0.25) is 0 Å². The predicted molar refractivity (Wildman–Crippen MR) is 121 cm³/mol. The van der Waals surface area contributed by atoms with Gasteiger partial charge in [-0.15, -0.1) is 0 Å². The highest BCUT2D eigenvalue weighted by molar-refractivity contribution is 5.85. The number of morpholine rings is 1. The molecule has 1 saturated heterocycles. The molecule has 208 valence electrons. The van der Waals surface area contributed by atoms with Crippen molar-refractivity contribution in [3.63, 3.8) is 0 Å². The van der Waals surface area contributed by atoms with Gasteiger partial charge in [-0.05, 0) is 48.4 Å². The number of alkyl halides is 6. The van der Waals surface area contributed by atoms with Crippen LogP contribution in [-0.2, 0) is 26.6 Å². The van der Waals surface area contributed by atoms with Crippen molar-refractivity contribution in [1.82, 2.24) is 15.8 Å². The van der Waals surface area contributed by atoms with Crippen molar-refractivity contribution in [3.05, 3.63) is 70.5 Å². The molecule has 2 aromatic rings. The average molecular weight is 550 g/mol. The monoisotopic (exact) mass is 550 g/mol. The lowest BCUT2D eigenvalue weighted by molar-refractivity contribution is -0.227. The maximum atomic E-state index is 13.6. The number of ether oxygens (including phenoxy) is 3. The minimum absolute atomic E-state index is 0.0625. The minimum Gasteiger partial charge on any atom is -0.349 e. The number of benzene rings is 2. The average Bonchev–Trinajstić information content (AvgIpc) is 3.31. The van der Waals surface area contributed by atoms with Crippen LogP contribution in [0, 0.1) is 5.82 Å². The number of aliphatic imine (C=N–C) groups is 1. The van der Waals surface area contributed by atoms with Crippen LogP contribution in [0.15, 0.2) is 47.5 Å². The molecule has 7 nitrogen and oxygen atoms in total. The van der Waals surface area contributed by atoms with Crippen molar-refractivity contribution in [2.75, 3.05) is 26.8 Å². The van der Waals surface area contributed by atoms with Crippen molar-refractivity contribution >= 4 is 5.84 Å². The van der Waals surface area contributed by atoms with E-state index in [2.05, 4.69) is 15.8 Å². The quantitative estimate of drug-likeness (QED) is 0.484. The number of rotatable bonds is 7. The summed E-state index contributed by atoms with van der Waals surface area (Å²) in [7, 11) is 1.46. The van der Waals surface area contributed by atoms with E-state index in [1.807, 2.05) is 4.90 Å². The van der Waals surface area contributed by atoms with E-state index in [9.17, 15) is 30.7 Å². The van der Waals surface area contributed by atoms with E-state index in [0.717, 1.165) is 0 Å². The highest BCUT2D eigenvalue weighted by atomic mass is 19.4. The fourth-order valence-electron chi connectivity index (χ4n) is 4.24. The van der Waals surface area contributed by atoms with Crippen LogP contribution in [0.4, 0.5) is 30.7 Å². The molecule has 2 aliphatic heterocycles. The number of nitrogens with one attached hydrogen (secondary N) is 2. The molecule has 0 saturated carbocycles. The van der Waals surface area contributed by atoms with Crippen LogP contribution >= 0.6 is 0 Å². The van der Waals surface area contributed by atoms with Gasteiger partial charge < -0.3 is 19.6 Å². The van der Waals surface area contributed by atoms with Gasteiger partial charge >= 0.3 is 12.4 Å². The Morgan fingerprint density at radius 2 is 1.68 bits per heavy atom. The van der Waals surface area contributed by atoms with Crippen LogP contribution in [-0.4, -0.2) is 50.2 Å². The van der Waals surface area contributed by atoms with E-state index in [0.29, 0.717) is 30.1 Å². The third-order valence-corrected chi connectivity index (χ3v) is 6.13. The molecule has 0 aromatic heterocycles. The van der Waals surface area contributed by atoms with E-state index in [4.69, 9.17) is 14.2 Å². The van der Waals surface area contributed by atoms with Gasteiger partial charge in [-0.3, -0.25) is 4.90 Å². The molecule has 0 spiro atoms. The number of amidine groups is 1. The Balaban J connectivity index is 1.64. The molecule has 4 atom stereocenters. The zero-order chi connectivity index (χ0) is 27.7. The molecule has 4 rings (SSSR count). The first-order valence-electron chi connectivity index (χ1n) is 11.5. The van der Waals surface area contributed by atoms with Gasteiger partial charge in [0.1, 0.15) is 11.7 Å². The topological polar surface area (TPSA) is 67.4 Å². The Morgan fingerprint density at radius 3 is 2.24 bits per heavy atom. The molecule has 0 bridgehead atoms. The Bertz CT molecular complexity index is 1110. The van der Waals surface area contributed by atoms with Crippen LogP contribution < -0.4 is 10.9 Å². The lowest BCUT2D eigenvalue weighted by atomic mass is 10.0. The summed E-state index contributed by atoms with van der Waals surface area (Å²) < 4.78 is 111. The molecule has 1 unspecified atom stereocenters. The fourth-order valence-corrected chi connectivity index (χ4v) is 4.24. The van der Waals surface area contributed by atoms with Gasteiger partial charge in [0.2, 0.25) is 6.35 Å². The van der Waals surface area contributed by atoms with Crippen molar-refractivity contribution < 1.29 is 44.9 Å². The van der Waals surface area contributed by atoms with Crippen molar-refractivity contribution in [2.24, 2.45) is 4.99 Å². The molecule has 14 heteroatoms. The van der Waals surface area contributed by atoms with Crippen molar-refractivity contribution in [3.8, 4) is 0 Å². The molecule has 38 heavy (non-hydrogen) atoms. The van der Waals surface area contributed by atoms with E-state index >= 15 is 0 Å². The second-order valence-electron chi connectivity index (χ2n) is 8.76. The minimum atomic E-state index is -4.99. The molecular formula is C24H25F7N4O3. The zero-order valence-corrected chi connectivity index (χ0v) is 20.2. The van der Waals surface area contributed by atoms with Crippen molar-refractivity contribution in [1.29, 1.82) is 0 Å². The molecule has 0 aliphatic carbocycles. The summed E-state index contributed by atoms with van der Waals surface area (Å²) in [5, 5.41) is 0. The van der Waals surface area contributed by atoms with Gasteiger partial charge in [0.15, 0.2) is 6.29 Å². The van der Waals surface area contributed by atoms with E-state index in [1.165, 1.54) is 38.3 Å². The van der Waals surface area contributed by atoms with Crippen LogP contribution in [0.25, 0.3) is 0 Å². The molecule has 2 N–H and O–H groups in total. The molecule has 2 aromatic carbocycles. The Labute approximate surface area is 213 Å². The molecular weight excluding hydrogens is 525 g/mol. The number of methoxy groups -OCH3 is 1. The normalized spacial score (nSPS) is 23.7. The number of hydrogen-bond acceptors (Lipinski definition) is 7.